The zero-order valence-corrected chi connectivity index (χ0v) is 12.3. The van der Waals surface area contributed by atoms with E-state index in [1.165, 1.54) is 0 Å². The lowest BCUT2D eigenvalue weighted by molar-refractivity contribution is 0.414. The summed E-state index contributed by atoms with van der Waals surface area (Å²) in [5, 5.41) is 10.4. The molecule has 0 fully saturated rings. The molecular formula is C16H11Cl2NO. The SMILES string of the molecule is COc1ccc2c(c1)-c1cc(Cl)c(Cl)cc1CC2C#N. The van der Waals surface area contributed by atoms with Gasteiger partial charge in [-0.05, 0) is 52.9 Å². The molecule has 0 radical (unpaired) electrons. The number of benzene rings is 2. The predicted molar refractivity (Wildman–Crippen MR) is 80.5 cm³/mol. The van der Waals surface area contributed by atoms with E-state index in [-0.39, 0.29) is 5.92 Å². The van der Waals surface area contributed by atoms with Gasteiger partial charge >= 0.3 is 0 Å². The number of ether oxygens (including phenoxy) is 1. The lowest BCUT2D eigenvalue weighted by Gasteiger charge is -2.24. The Balaban J connectivity index is 2.28. The Bertz CT molecular complexity index is 734. The zero-order valence-electron chi connectivity index (χ0n) is 10.8. The summed E-state index contributed by atoms with van der Waals surface area (Å²) < 4.78 is 5.28. The van der Waals surface area contributed by atoms with E-state index in [2.05, 4.69) is 6.07 Å². The molecule has 0 N–H and O–H groups in total. The van der Waals surface area contributed by atoms with E-state index in [0.717, 1.165) is 28.0 Å². The van der Waals surface area contributed by atoms with Gasteiger partial charge < -0.3 is 4.74 Å². The molecule has 2 nitrogen and oxygen atoms in total. The van der Waals surface area contributed by atoms with E-state index in [4.69, 9.17) is 27.9 Å². The normalized spacial score (nSPS) is 16.0. The van der Waals surface area contributed by atoms with Crippen molar-refractivity contribution < 1.29 is 4.74 Å². The Morgan fingerprint density at radius 3 is 2.60 bits per heavy atom. The maximum atomic E-state index is 9.37. The molecule has 1 aliphatic carbocycles. The zero-order chi connectivity index (χ0) is 14.3. The molecule has 2 aromatic carbocycles. The second-order valence-corrected chi connectivity index (χ2v) is 5.58. The minimum Gasteiger partial charge on any atom is -0.497 e. The molecule has 100 valence electrons. The van der Waals surface area contributed by atoms with Gasteiger partial charge in [-0.2, -0.15) is 5.26 Å². The van der Waals surface area contributed by atoms with Crippen LogP contribution in [0.3, 0.4) is 0 Å². The van der Waals surface area contributed by atoms with Gasteiger partial charge in [0, 0.05) is 0 Å². The van der Waals surface area contributed by atoms with Crippen molar-refractivity contribution in [3.63, 3.8) is 0 Å². The van der Waals surface area contributed by atoms with Gasteiger partial charge in [-0.3, -0.25) is 0 Å². The third kappa shape index (κ3) is 2.04. The monoisotopic (exact) mass is 303 g/mol. The lowest BCUT2D eigenvalue weighted by atomic mass is 9.79. The molecule has 0 heterocycles. The Labute approximate surface area is 127 Å². The van der Waals surface area contributed by atoms with Crippen molar-refractivity contribution in [1.29, 1.82) is 5.26 Å². The molecule has 0 saturated carbocycles. The fourth-order valence-electron chi connectivity index (χ4n) is 2.65. The van der Waals surface area contributed by atoms with Crippen LogP contribution >= 0.6 is 23.2 Å². The molecule has 0 bridgehead atoms. The molecule has 0 aliphatic heterocycles. The maximum Gasteiger partial charge on any atom is 0.119 e. The van der Waals surface area contributed by atoms with Crippen LogP contribution in [0, 0.1) is 11.3 Å². The summed E-state index contributed by atoms with van der Waals surface area (Å²) in [5.74, 6) is 0.597. The number of rotatable bonds is 1. The fraction of sp³-hybridized carbons (Fsp3) is 0.188. The summed E-state index contributed by atoms with van der Waals surface area (Å²) in [4.78, 5) is 0. The van der Waals surface area contributed by atoms with Gasteiger partial charge in [0.15, 0.2) is 0 Å². The molecule has 0 spiro atoms. The number of hydrogen-bond donors (Lipinski definition) is 0. The second kappa shape index (κ2) is 5.01. The van der Waals surface area contributed by atoms with E-state index in [9.17, 15) is 5.26 Å². The van der Waals surface area contributed by atoms with Crippen LogP contribution in [0.1, 0.15) is 17.0 Å². The average molecular weight is 304 g/mol. The summed E-state index contributed by atoms with van der Waals surface area (Å²) in [6, 6.07) is 11.9. The minimum atomic E-state index is -0.166. The molecule has 0 saturated heterocycles. The van der Waals surface area contributed by atoms with Crippen molar-refractivity contribution in [2.75, 3.05) is 7.11 Å². The van der Waals surface area contributed by atoms with E-state index in [1.54, 1.807) is 7.11 Å². The van der Waals surface area contributed by atoms with Crippen molar-refractivity contribution in [3.05, 3.63) is 51.5 Å². The number of nitrogens with zero attached hydrogens (tertiary/aromatic N) is 1. The number of methoxy groups -OCH3 is 1. The highest BCUT2D eigenvalue weighted by molar-refractivity contribution is 6.42. The average Bonchev–Trinajstić information content (AvgIpc) is 2.47. The molecular weight excluding hydrogens is 293 g/mol. The maximum absolute atomic E-state index is 9.37. The first-order chi connectivity index (χ1) is 9.63. The van der Waals surface area contributed by atoms with Gasteiger partial charge in [0.25, 0.3) is 0 Å². The first kappa shape index (κ1) is 13.3. The quantitative estimate of drug-likeness (QED) is 0.756. The van der Waals surface area contributed by atoms with Gasteiger partial charge in [-0.25, -0.2) is 0 Å². The van der Waals surface area contributed by atoms with Crippen LogP contribution in [0.2, 0.25) is 10.0 Å². The largest absolute Gasteiger partial charge is 0.497 e. The molecule has 0 amide bonds. The van der Waals surface area contributed by atoms with E-state index in [0.29, 0.717) is 16.5 Å². The Morgan fingerprint density at radius 2 is 1.90 bits per heavy atom. The first-order valence-electron chi connectivity index (χ1n) is 6.20. The van der Waals surface area contributed by atoms with Crippen LogP contribution in [0.25, 0.3) is 11.1 Å². The summed E-state index contributed by atoms with van der Waals surface area (Å²) in [6.07, 6.45) is 0.655. The predicted octanol–water partition coefficient (Wildman–Crippen LogP) is 4.83. The van der Waals surface area contributed by atoms with Crippen LogP contribution in [-0.4, -0.2) is 7.11 Å². The van der Waals surface area contributed by atoms with E-state index in [1.807, 2.05) is 30.3 Å². The van der Waals surface area contributed by atoms with Crippen LogP contribution in [0.4, 0.5) is 0 Å². The van der Waals surface area contributed by atoms with Crippen molar-refractivity contribution in [1.82, 2.24) is 0 Å². The Morgan fingerprint density at radius 1 is 1.15 bits per heavy atom. The third-order valence-electron chi connectivity index (χ3n) is 3.65. The first-order valence-corrected chi connectivity index (χ1v) is 6.95. The van der Waals surface area contributed by atoms with Crippen molar-refractivity contribution >= 4 is 23.2 Å². The van der Waals surface area contributed by atoms with Crippen molar-refractivity contribution in [3.8, 4) is 22.9 Å². The second-order valence-electron chi connectivity index (χ2n) is 4.76. The number of halogens is 2. The minimum absolute atomic E-state index is 0.166. The smallest absolute Gasteiger partial charge is 0.119 e. The highest BCUT2D eigenvalue weighted by atomic mass is 35.5. The highest BCUT2D eigenvalue weighted by Crippen LogP contribution is 2.43. The third-order valence-corrected chi connectivity index (χ3v) is 4.37. The number of nitriles is 1. The number of hydrogen-bond acceptors (Lipinski definition) is 2. The Kier molecular flexibility index (Phi) is 3.33. The number of fused-ring (bicyclic) bond motifs is 3. The lowest BCUT2D eigenvalue weighted by Crippen LogP contribution is -2.10. The van der Waals surface area contributed by atoms with E-state index < -0.39 is 0 Å². The van der Waals surface area contributed by atoms with Crippen molar-refractivity contribution in [2.24, 2.45) is 0 Å². The fourth-order valence-corrected chi connectivity index (χ4v) is 3.00. The highest BCUT2D eigenvalue weighted by Gasteiger charge is 2.26. The standard InChI is InChI=1S/C16H11Cl2NO/c1-20-11-2-3-12-10(8-19)4-9-5-15(17)16(18)7-13(9)14(12)6-11/h2-3,5-7,10H,4H2,1H3. The molecule has 1 unspecified atom stereocenters. The summed E-state index contributed by atoms with van der Waals surface area (Å²) >= 11 is 12.2. The molecule has 4 heteroatoms. The molecule has 2 aromatic rings. The van der Waals surface area contributed by atoms with Crippen LogP contribution in [0.15, 0.2) is 30.3 Å². The van der Waals surface area contributed by atoms with Crippen LogP contribution < -0.4 is 4.74 Å². The van der Waals surface area contributed by atoms with Gasteiger partial charge in [-0.15, -0.1) is 0 Å². The topological polar surface area (TPSA) is 33.0 Å². The van der Waals surface area contributed by atoms with Gasteiger partial charge in [-0.1, -0.05) is 29.3 Å². The van der Waals surface area contributed by atoms with Gasteiger partial charge in [0.2, 0.25) is 0 Å². The molecule has 0 aromatic heterocycles. The van der Waals surface area contributed by atoms with E-state index >= 15 is 0 Å². The molecule has 1 atom stereocenters. The van der Waals surface area contributed by atoms with Gasteiger partial charge in [0.05, 0.1) is 29.1 Å². The summed E-state index contributed by atoms with van der Waals surface area (Å²) in [5.41, 5.74) is 4.08. The molecule has 20 heavy (non-hydrogen) atoms. The molecule has 3 rings (SSSR count). The van der Waals surface area contributed by atoms with Gasteiger partial charge in [0.1, 0.15) is 5.75 Å². The summed E-state index contributed by atoms with van der Waals surface area (Å²) in [6.45, 7) is 0. The van der Waals surface area contributed by atoms with Crippen molar-refractivity contribution in [2.45, 2.75) is 12.3 Å². The van der Waals surface area contributed by atoms with Crippen LogP contribution in [0.5, 0.6) is 5.75 Å². The Hall–Kier alpha value is -1.69. The van der Waals surface area contributed by atoms with Crippen LogP contribution in [-0.2, 0) is 6.42 Å². The molecule has 1 aliphatic rings. The summed E-state index contributed by atoms with van der Waals surface area (Å²) in [7, 11) is 1.63.